The van der Waals surface area contributed by atoms with E-state index in [1.54, 1.807) is 14.0 Å². The van der Waals surface area contributed by atoms with Crippen LogP contribution in [-0.2, 0) is 17.6 Å². The highest BCUT2D eigenvalue weighted by atomic mass is 79.9. The van der Waals surface area contributed by atoms with Gasteiger partial charge in [0.15, 0.2) is 5.69 Å². The van der Waals surface area contributed by atoms with Gasteiger partial charge >= 0.3 is 5.97 Å². The molecule has 0 fully saturated rings. The van der Waals surface area contributed by atoms with Crippen LogP contribution in [0, 0.1) is 0 Å². The van der Waals surface area contributed by atoms with E-state index in [0.29, 0.717) is 33.2 Å². The zero-order valence-electron chi connectivity index (χ0n) is 15.7. The maximum absolute atomic E-state index is 12.2. The van der Waals surface area contributed by atoms with E-state index in [0.717, 1.165) is 45.7 Å². The third kappa shape index (κ3) is 3.54. The molecule has 3 aromatic rings. The van der Waals surface area contributed by atoms with Crippen LogP contribution in [0.15, 0.2) is 28.7 Å². The number of hydrogen-bond donors (Lipinski definition) is 1. The van der Waals surface area contributed by atoms with Crippen molar-refractivity contribution in [1.29, 1.82) is 0 Å². The number of methoxy groups -OCH3 is 1. The monoisotopic (exact) mass is 494 g/mol. The van der Waals surface area contributed by atoms with E-state index < -0.39 is 5.97 Å². The summed E-state index contributed by atoms with van der Waals surface area (Å²) in [5.74, 6) is 0.320. The maximum atomic E-state index is 12.2. The van der Waals surface area contributed by atoms with Gasteiger partial charge in [0, 0.05) is 16.7 Å². The fourth-order valence-electron chi connectivity index (χ4n) is 3.63. The number of H-pyrrole nitrogens is 1. The summed E-state index contributed by atoms with van der Waals surface area (Å²) in [5.41, 5.74) is 5.82. The summed E-state index contributed by atoms with van der Waals surface area (Å²) in [5, 5.41) is 8.27. The van der Waals surface area contributed by atoms with Crippen LogP contribution >= 0.6 is 39.1 Å². The second-order valence-corrected chi connectivity index (χ2v) is 8.22. The lowest BCUT2D eigenvalue weighted by Gasteiger charge is -2.20. The molecule has 0 atom stereocenters. The van der Waals surface area contributed by atoms with E-state index in [1.807, 2.05) is 24.3 Å². The number of aromatic amines is 1. The van der Waals surface area contributed by atoms with Crippen LogP contribution in [-0.4, -0.2) is 29.9 Å². The normalized spacial score (nSPS) is 12.3. The molecule has 8 heteroatoms. The van der Waals surface area contributed by atoms with Crippen molar-refractivity contribution < 1.29 is 14.3 Å². The second-order valence-electron chi connectivity index (χ2n) is 6.61. The van der Waals surface area contributed by atoms with Crippen LogP contribution in [0.25, 0.3) is 22.4 Å². The quantitative estimate of drug-likeness (QED) is 0.351. The highest BCUT2D eigenvalue weighted by Crippen LogP contribution is 2.43. The molecule has 0 saturated carbocycles. The lowest BCUT2D eigenvalue weighted by atomic mass is 9.86. The number of fused-ring (bicyclic) bond motifs is 3. The van der Waals surface area contributed by atoms with E-state index in [1.165, 1.54) is 0 Å². The Kier molecular flexibility index (Phi) is 5.60. The molecule has 1 aromatic heterocycles. The predicted molar refractivity (Wildman–Crippen MR) is 117 cm³/mol. The Morgan fingerprint density at radius 3 is 2.55 bits per heavy atom. The number of nitrogens with zero attached hydrogens (tertiary/aromatic N) is 1. The Bertz CT molecular complexity index is 1100. The molecule has 4 rings (SSSR count). The Morgan fingerprint density at radius 2 is 1.90 bits per heavy atom. The average molecular weight is 496 g/mol. The molecule has 0 unspecified atom stereocenters. The third-order valence-electron chi connectivity index (χ3n) is 4.97. The van der Waals surface area contributed by atoms with Gasteiger partial charge < -0.3 is 9.47 Å². The van der Waals surface area contributed by atoms with Crippen LogP contribution in [0.1, 0.15) is 28.5 Å². The van der Waals surface area contributed by atoms with Gasteiger partial charge in [0.1, 0.15) is 5.75 Å². The van der Waals surface area contributed by atoms with Gasteiger partial charge in [0.25, 0.3) is 0 Å². The van der Waals surface area contributed by atoms with Gasteiger partial charge in [0.2, 0.25) is 0 Å². The van der Waals surface area contributed by atoms with Crippen molar-refractivity contribution in [3.05, 3.63) is 55.6 Å². The minimum Gasteiger partial charge on any atom is -0.496 e. The van der Waals surface area contributed by atoms with Crippen molar-refractivity contribution in [3.63, 3.8) is 0 Å². The number of halogens is 3. The Labute approximate surface area is 186 Å². The van der Waals surface area contributed by atoms with Crippen molar-refractivity contribution >= 4 is 45.1 Å². The van der Waals surface area contributed by atoms with Gasteiger partial charge in [-0.2, -0.15) is 5.10 Å². The van der Waals surface area contributed by atoms with Gasteiger partial charge in [0.05, 0.1) is 33.9 Å². The van der Waals surface area contributed by atoms with Crippen molar-refractivity contribution in [2.45, 2.75) is 19.8 Å². The summed E-state index contributed by atoms with van der Waals surface area (Å²) in [6.45, 7) is 2.09. The number of carbonyl (C=O) groups is 1. The first kappa shape index (κ1) is 20.3. The fourth-order valence-corrected chi connectivity index (χ4v) is 4.34. The SMILES string of the molecule is CCOC(=O)c1n[nH]c2c1CCc1cc(OC)c(-c3cc(Cl)c(Br)c(Cl)c3)cc1-2. The standard InChI is InChI=1S/C21H17BrCl2N2O3/c1-3-29-21(27)20-12-5-4-10-8-17(28-2)13(9-14(10)19(12)25-26-20)11-6-15(23)18(22)16(24)7-11/h6-9H,3-5H2,1-2H3,(H,25,26). The summed E-state index contributed by atoms with van der Waals surface area (Å²) in [6, 6.07) is 7.71. The van der Waals surface area contributed by atoms with Gasteiger partial charge in [-0.15, -0.1) is 0 Å². The van der Waals surface area contributed by atoms with Crippen molar-refractivity contribution in [2.75, 3.05) is 13.7 Å². The number of hydrogen-bond acceptors (Lipinski definition) is 4. The third-order valence-corrected chi connectivity index (χ3v) is 6.88. The zero-order valence-corrected chi connectivity index (χ0v) is 18.8. The summed E-state index contributed by atoms with van der Waals surface area (Å²) >= 11 is 16.0. The molecule has 1 aliphatic rings. The smallest absolute Gasteiger partial charge is 0.359 e. The fraction of sp³-hybridized carbons (Fsp3) is 0.238. The first-order valence-corrected chi connectivity index (χ1v) is 10.6. The molecule has 0 saturated heterocycles. The molecule has 1 aliphatic carbocycles. The number of rotatable bonds is 4. The average Bonchev–Trinajstić information content (AvgIpc) is 3.15. The molecule has 2 aromatic carbocycles. The minimum absolute atomic E-state index is 0.309. The Morgan fingerprint density at radius 1 is 1.17 bits per heavy atom. The molecule has 0 radical (unpaired) electrons. The molecule has 29 heavy (non-hydrogen) atoms. The Balaban J connectivity index is 1.87. The van der Waals surface area contributed by atoms with Crippen LogP contribution in [0.3, 0.4) is 0 Å². The predicted octanol–water partition coefficient (Wildman–Crippen LogP) is 6.10. The molecular formula is C21H17BrCl2N2O3. The summed E-state index contributed by atoms with van der Waals surface area (Å²) in [7, 11) is 1.64. The molecule has 1 heterocycles. The van der Waals surface area contributed by atoms with Crippen LogP contribution < -0.4 is 4.74 Å². The number of benzene rings is 2. The number of aryl methyl sites for hydroxylation is 1. The van der Waals surface area contributed by atoms with Crippen molar-refractivity contribution in [2.24, 2.45) is 0 Å². The molecule has 1 N–H and O–H groups in total. The van der Waals surface area contributed by atoms with E-state index in [9.17, 15) is 4.79 Å². The van der Waals surface area contributed by atoms with Crippen molar-refractivity contribution in [1.82, 2.24) is 10.2 Å². The van der Waals surface area contributed by atoms with E-state index in [2.05, 4.69) is 26.1 Å². The summed E-state index contributed by atoms with van der Waals surface area (Å²) < 4.78 is 11.4. The molecule has 0 amide bonds. The van der Waals surface area contributed by atoms with Crippen LogP contribution in [0.2, 0.25) is 10.0 Å². The van der Waals surface area contributed by atoms with Crippen LogP contribution in [0.5, 0.6) is 5.75 Å². The number of nitrogens with one attached hydrogen (secondary N) is 1. The maximum Gasteiger partial charge on any atom is 0.359 e. The topological polar surface area (TPSA) is 64.2 Å². The highest BCUT2D eigenvalue weighted by Gasteiger charge is 2.27. The first-order valence-electron chi connectivity index (χ1n) is 9.05. The van der Waals surface area contributed by atoms with Gasteiger partial charge in [-0.3, -0.25) is 5.10 Å². The van der Waals surface area contributed by atoms with E-state index in [4.69, 9.17) is 32.7 Å². The van der Waals surface area contributed by atoms with E-state index in [-0.39, 0.29) is 0 Å². The Hall–Kier alpha value is -2.02. The molecule has 0 aliphatic heterocycles. The van der Waals surface area contributed by atoms with Crippen molar-refractivity contribution in [3.8, 4) is 28.1 Å². The zero-order chi connectivity index (χ0) is 20.7. The highest BCUT2D eigenvalue weighted by molar-refractivity contribution is 9.10. The molecule has 150 valence electrons. The molecule has 0 bridgehead atoms. The van der Waals surface area contributed by atoms with Gasteiger partial charge in [-0.1, -0.05) is 23.2 Å². The number of esters is 1. The molecular weight excluding hydrogens is 479 g/mol. The molecule has 5 nitrogen and oxygen atoms in total. The summed E-state index contributed by atoms with van der Waals surface area (Å²) in [6.07, 6.45) is 1.47. The van der Waals surface area contributed by atoms with Crippen LogP contribution in [0.4, 0.5) is 0 Å². The largest absolute Gasteiger partial charge is 0.496 e. The lowest BCUT2D eigenvalue weighted by molar-refractivity contribution is 0.0518. The lowest BCUT2D eigenvalue weighted by Crippen LogP contribution is -2.11. The number of ether oxygens (including phenoxy) is 2. The number of carbonyl (C=O) groups excluding carboxylic acids is 1. The second kappa shape index (κ2) is 8.01. The van der Waals surface area contributed by atoms with Gasteiger partial charge in [-0.25, -0.2) is 4.79 Å². The summed E-state index contributed by atoms with van der Waals surface area (Å²) in [4.78, 5) is 12.2. The van der Waals surface area contributed by atoms with Gasteiger partial charge in [-0.05, 0) is 71.1 Å². The number of aromatic nitrogens is 2. The minimum atomic E-state index is -0.409. The molecule has 0 spiro atoms. The first-order chi connectivity index (χ1) is 13.9. The van der Waals surface area contributed by atoms with E-state index >= 15 is 0 Å².